The molecule has 2 aliphatic rings. The molecule has 1 fully saturated rings. The molecule has 1 atom stereocenters. The molecule has 0 aliphatic heterocycles. The zero-order chi connectivity index (χ0) is 27.1. The van der Waals surface area contributed by atoms with E-state index in [9.17, 15) is 10.4 Å². The number of aryl methyl sites for hydroxylation is 2. The molecule has 5 rings (SSSR count). The third kappa shape index (κ3) is 5.31. The Bertz CT molecular complexity index is 1360. The van der Waals surface area contributed by atoms with Crippen LogP contribution in [0, 0.1) is 37.5 Å². The van der Waals surface area contributed by atoms with Gasteiger partial charge in [-0.2, -0.15) is 5.26 Å². The molecule has 1 saturated carbocycles. The lowest BCUT2D eigenvalue weighted by molar-refractivity contribution is 0.0553. The van der Waals surface area contributed by atoms with E-state index in [0.29, 0.717) is 37.4 Å². The number of nitriles is 1. The molecule has 0 aromatic heterocycles. The molecule has 1 N–H and O–H groups in total. The second kappa shape index (κ2) is 10.1. The van der Waals surface area contributed by atoms with Crippen molar-refractivity contribution in [2.75, 3.05) is 6.61 Å². The third-order valence-corrected chi connectivity index (χ3v) is 8.56. The van der Waals surface area contributed by atoms with E-state index < -0.39 is 5.60 Å². The first-order valence-electron chi connectivity index (χ1n) is 13.8. The predicted molar refractivity (Wildman–Crippen MR) is 152 cm³/mol. The van der Waals surface area contributed by atoms with Crippen LogP contribution in [0.4, 0.5) is 0 Å². The molecule has 1 unspecified atom stereocenters. The smallest absolute Gasteiger partial charge is 0.120 e. The summed E-state index contributed by atoms with van der Waals surface area (Å²) in [5.41, 5.74) is 9.51. The molecular weight excluding hydrogens is 470 g/mol. The number of hydrogen-bond donors (Lipinski definition) is 1. The summed E-state index contributed by atoms with van der Waals surface area (Å²) in [4.78, 5) is 0. The summed E-state index contributed by atoms with van der Waals surface area (Å²) in [7, 11) is 0. The van der Waals surface area contributed by atoms with Crippen molar-refractivity contribution in [1.82, 2.24) is 0 Å². The van der Waals surface area contributed by atoms with Gasteiger partial charge in [-0.15, -0.1) is 0 Å². The van der Waals surface area contributed by atoms with Crippen molar-refractivity contribution in [2.45, 2.75) is 84.8 Å². The number of benzene rings is 3. The lowest BCUT2D eigenvalue weighted by atomic mass is 9.87. The first-order valence-corrected chi connectivity index (χ1v) is 13.8. The van der Waals surface area contributed by atoms with Crippen LogP contribution in [0.2, 0.25) is 0 Å². The van der Waals surface area contributed by atoms with E-state index >= 15 is 0 Å². The molecule has 0 radical (unpaired) electrons. The molecular formula is C34H39NO3. The van der Waals surface area contributed by atoms with Crippen molar-refractivity contribution >= 4 is 0 Å². The minimum absolute atomic E-state index is 0.341. The molecule has 0 heterocycles. The normalized spacial score (nSPS) is 17.2. The number of rotatable bonds is 9. The minimum atomic E-state index is -0.733. The van der Waals surface area contributed by atoms with Gasteiger partial charge in [0.15, 0.2) is 0 Å². The molecule has 3 aromatic rings. The highest BCUT2D eigenvalue weighted by Crippen LogP contribution is 2.64. The van der Waals surface area contributed by atoms with Crippen molar-refractivity contribution < 1.29 is 14.6 Å². The zero-order valence-corrected chi connectivity index (χ0v) is 23.4. The predicted octanol–water partition coefficient (Wildman–Crippen LogP) is 7.73. The SMILES string of the molecule is Cc1cc(OCCC(C)(C)O)cc(C)c1-c1cccc(COc2ccc3c(c2)CC2(CC2)C3CC#N)c1C. The number of aliphatic hydroxyl groups is 1. The number of ether oxygens (including phenoxy) is 2. The molecule has 4 nitrogen and oxygen atoms in total. The van der Waals surface area contributed by atoms with Gasteiger partial charge in [-0.25, -0.2) is 0 Å². The fourth-order valence-electron chi connectivity index (χ4n) is 6.22. The van der Waals surface area contributed by atoms with E-state index in [1.54, 1.807) is 13.8 Å². The van der Waals surface area contributed by atoms with E-state index in [4.69, 9.17) is 9.47 Å². The Morgan fingerprint density at radius 3 is 2.39 bits per heavy atom. The average Bonchev–Trinajstić information content (AvgIpc) is 3.55. The lowest BCUT2D eigenvalue weighted by Crippen LogP contribution is -2.21. The van der Waals surface area contributed by atoms with Crippen LogP contribution in [0.3, 0.4) is 0 Å². The molecule has 0 amide bonds. The molecule has 2 aliphatic carbocycles. The minimum Gasteiger partial charge on any atom is -0.493 e. The van der Waals surface area contributed by atoms with E-state index in [0.717, 1.165) is 17.9 Å². The number of hydrogen-bond acceptors (Lipinski definition) is 4. The molecule has 38 heavy (non-hydrogen) atoms. The largest absolute Gasteiger partial charge is 0.493 e. The van der Waals surface area contributed by atoms with Gasteiger partial charge in [-0.05, 0) is 128 Å². The summed E-state index contributed by atoms with van der Waals surface area (Å²) >= 11 is 0. The van der Waals surface area contributed by atoms with Gasteiger partial charge in [0.05, 0.1) is 18.3 Å². The Morgan fingerprint density at radius 2 is 1.74 bits per heavy atom. The van der Waals surface area contributed by atoms with Crippen molar-refractivity contribution in [3.05, 3.63) is 81.9 Å². The highest BCUT2D eigenvalue weighted by atomic mass is 16.5. The Hall–Kier alpha value is -3.29. The summed E-state index contributed by atoms with van der Waals surface area (Å²) in [6.07, 6.45) is 4.76. The van der Waals surface area contributed by atoms with Crippen LogP contribution < -0.4 is 9.47 Å². The van der Waals surface area contributed by atoms with Crippen LogP contribution in [0.15, 0.2) is 48.5 Å². The molecule has 198 valence electrons. The maximum Gasteiger partial charge on any atom is 0.120 e. The first-order chi connectivity index (χ1) is 18.1. The quantitative estimate of drug-likeness (QED) is 0.321. The Balaban J connectivity index is 1.31. The van der Waals surface area contributed by atoms with E-state index in [1.165, 1.54) is 57.3 Å². The van der Waals surface area contributed by atoms with Crippen LogP contribution in [-0.4, -0.2) is 17.3 Å². The van der Waals surface area contributed by atoms with Gasteiger partial charge in [0.25, 0.3) is 0 Å². The second-order valence-corrected chi connectivity index (χ2v) is 12.0. The van der Waals surface area contributed by atoms with Crippen LogP contribution in [0.5, 0.6) is 11.5 Å². The maximum atomic E-state index is 9.96. The first kappa shape index (κ1) is 26.3. The summed E-state index contributed by atoms with van der Waals surface area (Å²) in [5.74, 6) is 2.13. The number of fused-ring (bicyclic) bond motifs is 1. The van der Waals surface area contributed by atoms with Gasteiger partial charge >= 0.3 is 0 Å². The fourth-order valence-corrected chi connectivity index (χ4v) is 6.22. The van der Waals surface area contributed by atoms with Crippen LogP contribution >= 0.6 is 0 Å². The monoisotopic (exact) mass is 509 g/mol. The highest BCUT2D eigenvalue weighted by molar-refractivity contribution is 5.75. The van der Waals surface area contributed by atoms with Crippen LogP contribution in [0.1, 0.15) is 78.8 Å². The summed E-state index contributed by atoms with van der Waals surface area (Å²) in [6, 6.07) is 19.5. The Kier molecular flexibility index (Phi) is 7.01. The summed E-state index contributed by atoms with van der Waals surface area (Å²) in [6.45, 7) is 11.0. The molecule has 0 bridgehead atoms. The van der Waals surface area contributed by atoms with Crippen LogP contribution in [-0.2, 0) is 13.0 Å². The summed E-state index contributed by atoms with van der Waals surface area (Å²) in [5, 5.41) is 19.3. The van der Waals surface area contributed by atoms with Crippen molar-refractivity contribution in [2.24, 2.45) is 5.41 Å². The van der Waals surface area contributed by atoms with Gasteiger partial charge in [0.2, 0.25) is 0 Å². The Morgan fingerprint density at radius 1 is 1.00 bits per heavy atom. The van der Waals surface area contributed by atoms with Gasteiger partial charge in [0.1, 0.15) is 18.1 Å². The van der Waals surface area contributed by atoms with Crippen LogP contribution in [0.25, 0.3) is 11.1 Å². The molecule has 1 spiro atoms. The maximum absolute atomic E-state index is 9.96. The van der Waals surface area contributed by atoms with Gasteiger partial charge in [0, 0.05) is 18.8 Å². The lowest BCUT2D eigenvalue weighted by Gasteiger charge is -2.19. The van der Waals surface area contributed by atoms with Gasteiger partial charge < -0.3 is 14.6 Å². The van der Waals surface area contributed by atoms with E-state index in [1.807, 2.05) is 0 Å². The Labute approximate surface area is 227 Å². The average molecular weight is 510 g/mol. The highest BCUT2D eigenvalue weighted by Gasteiger charge is 2.54. The molecule has 0 saturated heterocycles. The van der Waals surface area contributed by atoms with Gasteiger partial charge in [-0.3, -0.25) is 0 Å². The third-order valence-electron chi connectivity index (χ3n) is 8.56. The van der Waals surface area contributed by atoms with Crippen molar-refractivity contribution in [1.29, 1.82) is 5.26 Å². The fraction of sp³-hybridized carbons (Fsp3) is 0.441. The van der Waals surface area contributed by atoms with Crippen molar-refractivity contribution in [3.63, 3.8) is 0 Å². The zero-order valence-electron chi connectivity index (χ0n) is 23.4. The molecule has 4 heteroatoms. The van der Waals surface area contributed by atoms with E-state index in [-0.39, 0.29) is 0 Å². The second-order valence-electron chi connectivity index (χ2n) is 12.0. The van der Waals surface area contributed by atoms with Gasteiger partial charge in [-0.1, -0.05) is 24.3 Å². The standard InChI is InChI=1S/C34H39NO3/c1-22-17-28(37-16-14-33(4,5)36)18-23(2)32(22)29-8-6-7-25(24(29)3)21-38-27-9-10-30-26(19-27)20-34(12-13-34)31(30)11-15-35/h6-10,17-19,31,36H,11-14,16,20-21H2,1-5H3. The molecule has 3 aromatic carbocycles. The van der Waals surface area contributed by atoms with Crippen molar-refractivity contribution in [3.8, 4) is 28.7 Å². The summed E-state index contributed by atoms with van der Waals surface area (Å²) < 4.78 is 12.3. The van der Waals surface area contributed by atoms with E-state index in [2.05, 4.69) is 75.4 Å². The number of nitrogens with zero attached hydrogens (tertiary/aromatic N) is 1. The topological polar surface area (TPSA) is 62.5 Å².